The molecule has 0 amide bonds. The first kappa shape index (κ1) is 15.6. The van der Waals surface area contributed by atoms with Crippen LogP contribution in [0.25, 0.3) is 22.4 Å². The summed E-state index contributed by atoms with van der Waals surface area (Å²) in [7, 11) is 0. The summed E-state index contributed by atoms with van der Waals surface area (Å²) < 4.78 is 0. The highest BCUT2D eigenvalue weighted by Crippen LogP contribution is 2.39. The average molecular weight is 332 g/mol. The summed E-state index contributed by atoms with van der Waals surface area (Å²) in [6.45, 7) is 0. The Kier molecular flexibility index (Phi) is 3.69. The lowest BCUT2D eigenvalue weighted by Gasteiger charge is -2.03. The van der Waals surface area contributed by atoms with Crippen LogP contribution in [0.15, 0.2) is 77.9 Å². The lowest BCUT2D eigenvalue weighted by atomic mass is 9.97. The molecule has 0 heterocycles. The van der Waals surface area contributed by atoms with Crippen molar-refractivity contribution in [3.8, 4) is 12.1 Å². The number of nitriles is 2. The van der Waals surface area contributed by atoms with Crippen molar-refractivity contribution in [1.29, 1.82) is 10.5 Å². The lowest BCUT2D eigenvalue weighted by Crippen LogP contribution is -1.95. The lowest BCUT2D eigenvalue weighted by molar-refractivity contribution is 0.104. The minimum absolute atomic E-state index is 0.0460. The zero-order chi connectivity index (χ0) is 18.1. The van der Waals surface area contributed by atoms with E-state index in [1.165, 1.54) is 0 Å². The van der Waals surface area contributed by atoms with E-state index in [0.29, 0.717) is 22.3 Å². The van der Waals surface area contributed by atoms with Crippen LogP contribution in [0.2, 0.25) is 0 Å². The van der Waals surface area contributed by atoms with Gasteiger partial charge in [0, 0.05) is 16.7 Å². The molecule has 3 heteroatoms. The van der Waals surface area contributed by atoms with Crippen LogP contribution in [0.1, 0.15) is 21.5 Å². The molecule has 0 bridgehead atoms. The summed E-state index contributed by atoms with van der Waals surface area (Å²) in [5.74, 6) is -0.160. The molecular formula is C23H12N2O. The van der Waals surface area contributed by atoms with Crippen LogP contribution in [0.3, 0.4) is 0 Å². The zero-order valence-electron chi connectivity index (χ0n) is 13.7. The summed E-state index contributed by atoms with van der Waals surface area (Å²) in [4.78, 5) is 12.9. The molecule has 0 atom stereocenters. The predicted octanol–water partition coefficient (Wildman–Crippen LogP) is 4.92. The number of fused-ring (bicyclic) bond motifs is 2. The van der Waals surface area contributed by atoms with E-state index in [2.05, 4.69) is 0 Å². The second-order valence-corrected chi connectivity index (χ2v) is 6.01. The van der Waals surface area contributed by atoms with E-state index in [4.69, 9.17) is 0 Å². The number of benzene rings is 3. The van der Waals surface area contributed by atoms with Crippen LogP contribution < -0.4 is 0 Å². The van der Waals surface area contributed by atoms with Gasteiger partial charge in [-0.2, -0.15) is 10.5 Å². The van der Waals surface area contributed by atoms with Gasteiger partial charge in [0.25, 0.3) is 0 Å². The van der Waals surface area contributed by atoms with E-state index in [0.717, 1.165) is 16.3 Å². The summed E-state index contributed by atoms with van der Waals surface area (Å²) in [6, 6.07) is 24.8. The molecule has 0 spiro atoms. The number of allylic oxidation sites excluding steroid dienone is 3. The zero-order valence-corrected chi connectivity index (χ0v) is 13.7. The maximum atomic E-state index is 12.9. The van der Waals surface area contributed by atoms with Crippen molar-refractivity contribution in [2.75, 3.05) is 0 Å². The van der Waals surface area contributed by atoms with E-state index in [1.807, 2.05) is 54.6 Å². The number of ketones is 1. The van der Waals surface area contributed by atoms with E-state index < -0.39 is 0 Å². The Morgan fingerprint density at radius 3 is 2.19 bits per heavy atom. The number of Topliss-reactive ketones (excluding diaryl/α,β-unsaturated/α-hetero) is 1. The largest absolute Gasteiger partial charge is 0.289 e. The molecule has 1 aliphatic carbocycles. The molecule has 120 valence electrons. The van der Waals surface area contributed by atoms with Crippen LogP contribution in [-0.2, 0) is 0 Å². The smallest absolute Gasteiger partial charge is 0.194 e. The normalized spacial score (nSPS) is 14.2. The molecule has 0 fully saturated rings. The van der Waals surface area contributed by atoms with Gasteiger partial charge in [-0.05, 0) is 34.0 Å². The van der Waals surface area contributed by atoms with Crippen molar-refractivity contribution in [3.05, 3.63) is 94.6 Å². The first-order valence-electron chi connectivity index (χ1n) is 8.12. The monoisotopic (exact) mass is 332 g/mol. The summed E-state index contributed by atoms with van der Waals surface area (Å²) in [5.41, 5.74) is 2.78. The molecular weight excluding hydrogens is 320 g/mol. The Morgan fingerprint density at radius 2 is 1.46 bits per heavy atom. The first-order valence-corrected chi connectivity index (χ1v) is 8.12. The molecule has 26 heavy (non-hydrogen) atoms. The number of carbonyl (C=O) groups excluding carboxylic acids is 1. The van der Waals surface area contributed by atoms with Crippen LogP contribution >= 0.6 is 0 Å². The van der Waals surface area contributed by atoms with Crippen molar-refractivity contribution in [2.24, 2.45) is 0 Å². The fourth-order valence-corrected chi connectivity index (χ4v) is 3.31. The Labute approximate surface area is 150 Å². The van der Waals surface area contributed by atoms with E-state index in [-0.39, 0.29) is 11.4 Å². The summed E-state index contributed by atoms with van der Waals surface area (Å²) in [6.07, 6.45) is 1.76. The van der Waals surface area contributed by atoms with Gasteiger partial charge < -0.3 is 0 Å². The standard InChI is InChI=1S/C23H12N2O/c24-13-18(14-25)22-19-7-3-4-8-20(19)23(26)21(22)12-15-9-10-16-5-1-2-6-17(16)11-15/h1-12H/b21-12-. The molecule has 3 aromatic rings. The van der Waals surface area contributed by atoms with Gasteiger partial charge in [0.15, 0.2) is 5.78 Å². The molecule has 3 aromatic carbocycles. The van der Waals surface area contributed by atoms with Gasteiger partial charge in [-0.3, -0.25) is 4.79 Å². The molecule has 3 nitrogen and oxygen atoms in total. The predicted molar refractivity (Wildman–Crippen MR) is 101 cm³/mol. The maximum Gasteiger partial charge on any atom is 0.194 e. The number of hydrogen-bond acceptors (Lipinski definition) is 3. The maximum absolute atomic E-state index is 12.9. The minimum Gasteiger partial charge on any atom is -0.289 e. The molecule has 1 aliphatic rings. The van der Waals surface area contributed by atoms with Crippen molar-refractivity contribution in [2.45, 2.75) is 0 Å². The van der Waals surface area contributed by atoms with Crippen molar-refractivity contribution < 1.29 is 4.79 Å². The minimum atomic E-state index is -0.160. The molecule has 0 saturated carbocycles. The van der Waals surface area contributed by atoms with Crippen LogP contribution in [0.5, 0.6) is 0 Å². The quantitative estimate of drug-likeness (QED) is 0.469. The first-order chi connectivity index (χ1) is 12.7. The van der Waals surface area contributed by atoms with Gasteiger partial charge in [0.05, 0.1) is 0 Å². The second-order valence-electron chi connectivity index (χ2n) is 6.01. The number of hydrogen-bond donors (Lipinski definition) is 0. The Hall–Kier alpha value is -3.95. The molecule has 0 aliphatic heterocycles. The Balaban J connectivity index is 1.95. The van der Waals surface area contributed by atoms with E-state index in [9.17, 15) is 15.3 Å². The molecule has 0 aromatic heterocycles. The molecule has 0 unspecified atom stereocenters. The fraction of sp³-hybridized carbons (Fsp3) is 0. The summed E-state index contributed by atoms with van der Waals surface area (Å²) in [5, 5.41) is 20.9. The third-order valence-electron chi connectivity index (χ3n) is 4.51. The molecule has 0 radical (unpaired) electrons. The van der Waals surface area contributed by atoms with Gasteiger partial charge in [0.2, 0.25) is 0 Å². The van der Waals surface area contributed by atoms with E-state index in [1.54, 1.807) is 30.3 Å². The summed E-state index contributed by atoms with van der Waals surface area (Å²) >= 11 is 0. The average Bonchev–Trinajstić information content (AvgIpc) is 2.96. The highest BCUT2D eigenvalue weighted by atomic mass is 16.1. The van der Waals surface area contributed by atoms with Gasteiger partial charge in [-0.1, -0.05) is 60.7 Å². The molecule has 0 N–H and O–H groups in total. The van der Waals surface area contributed by atoms with Crippen LogP contribution in [-0.4, -0.2) is 5.78 Å². The molecule has 0 saturated heterocycles. The van der Waals surface area contributed by atoms with Gasteiger partial charge >= 0.3 is 0 Å². The van der Waals surface area contributed by atoms with Gasteiger partial charge in [-0.15, -0.1) is 0 Å². The second kappa shape index (κ2) is 6.16. The van der Waals surface area contributed by atoms with Crippen molar-refractivity contribution in [1.82, 2.24) is 0 Å². The number of rotatable bonds is 1. The van der Waals surface area contributed by atoms with Crippen molar-refractivity contribution in [3.63, 3.8) is 0 Å². The topological polar surface area (TPSA) is 64.7 Å². The highest BCUT2D eigenvalue weighted by molar-refractivity contribution is 6.29. The SMILES string of the molecule is N#CC(C#N)=C1/C(=C/c2ccc3ccccc3c2)C(=O)c2ccccc21. The van der Waals surface area contributed by atoms with Gasteiger partial charge in [0.1, 0.15) is 17.7 Å². The van der Waals surface area contributed by atoms with Crippen LogP contribution in [0, 0.1) is 22.7 Å². The van der Waals surface area contributed by atoms with E-state index >= 15 is 0 Å². The number of nitrogens with zero attached hydrogens (tertiary/aromatic N) is 2. The number of carbonyl (C=O) groups is 1. The third kappa shape index (κ3) is 2.40. The highest BCUT2D eigenvalue weighted by Gasteiger charge is 2.32. The van der Waals surface area contributed by atoms with Gasteiger partial charge in [-0.25, -0.2) is 0 Å². The molecule has 4 rings (SSSR count). The third-order valence-corrected chi connectivity index (χ3v) is 4.51. The fourth-order valence-electron chi connectivity index (χ4n) is 3.31. The Bertz CT molecular complexity index is 1200. The van der Waals surface area contributed by atoms with Crippen molar-refractivity contribution >= 4 is 28.2 Å². The van der Waals surface area contributed by atoms with Crippen LogP contribution in [0.4, 0.5) is 0 Å². The Morgan fingerprint density at radius 1 is 0.808 bits per heavy atom.